The minimum Gasteiger partial charge on any atom is -0.493 e. The van der Waals surface area contributed by atoms with Gasteiger partial charge in [-0.15, -0.1) is 0 Å². The molecule has 136 valence electrons. The van der Waals surface area contributed by atoms with Crippen LogP contribution in [0, 0.1) is 0 Å². The first kappa shape index (κ1) is 18.6. The Labute approximate surface area is 161 Å². The van der Waals surface area contributed by atoms with Crippen molar-refractivity contribution >= 4 is 34.5 Å². The van der Waals surface area contributed by atoms with Gasteiger partial charge in [0.1, 0.15) is 0 Å². The van der Waals surface area contributed by atoms with E-state index in [0.717, 1.165) is 22.9 Å². The fourth-order valence-corrected chi connectivity index (χ4v) is 4.01. The average molecular weight is 392 g/mol. The minimum atomic E-state index is -0.455. The number of benzene rings is 2. The fraction of sp³-hybridized carbons (Fsp3) is 0.263. The number of methoxy groups -OCH3 is 2. The Balaban J connectivity index is 1.74. The van der Waals surface area contributed by atoms with Crippen molar-refractivity contribution in [2.24, 2.45) is 0 Å². The van der Waals surface area contributed by atoms with Crippen LogP contribution < -0.4 is 9.47 Å². The van der Waals surface area contributed by atoms with E-state index in [9.17, 15) is 9.59 Å². The molecule has 1 heterocycles. The van der Waals surface area contributed by atoms with Gasteiger partial charge in [0.15, 0.2) is 11.5 Å². The fourth-order valence-electron chi connectivity index (χ4n) is 2.79. The Morgan fingerprint density at radius 3 is 2.50 bits per heavy atom. The molecule has 0 aliphatic carbocycles. The molecule has 2 aromatic rings. The summed E-state index contributed by atoms with van der Waals surface area (Å²) in [7, 11) is 3.13. The molecule has 7 heteroatoms. The number of halogens is 1. The lowest BCUT2D eigenvalue weighted by molar-refractivity contribution is -0.127. The monoisotopic (exact) mass is 391 g/mol. The number of rotatable bonds is 6. The molecule has 1 fully saturated rings. The largest absolute Gasteiger partial charge is 0.493 e. The second kappa shape index (κ2) is 8.01. The van der Waals surface area contributed by atoms with Crippen molar-refractivity contribution in [3.05, 3.63) is 58.6 Å². The van der Waals surface area contributed by atoms with Crippen LogP contribution in [-0.4, -0.2) is 35.5 Å². The van der Waals surface area contributed by atoms with Crippen molar-refractivity contribution in [3.63, 3.8) is 0 Å². The molecular formula is C19H18ClNO4S. The van der Waals surface area contributed by atoms with Crippen LogP contribution in [0.2, 0.25) is 5.02 Å². The molecule has 0 spiro atoms. The quantitative estimate of drug-likeness (QED) is 0.739. The van der Waals surface area contributed by atoms with Crippen LogP contribution in [0.15, 0.2) is 42.5 Å². The summed E-state index contributed by atoms with van der Waals surface area (Å²) in [6.45, 7) is 0.187. The molecule has 26 heavy (non-hydrogen) atoms. The highest BCUT2D eigenvalue weighted by atomic mass is 35.5. The van der Waals surface area contributed by atoms with Gasteiger partial charge in [-0.3, -0.25) is 14.5 Å². The van der Waals surface area contributed by atoms with Crippen LogP contribution in [0.4, 0.5) is 4.79 Å². The topological polar surface area (TPSA) is 55.8 Å². The zero-order valence-corrected chi connectivity index (χ0v) is 16.0. The van der Waals surface area contributed by atoms with Crippen LogP contribution in [0.3, 0.4) is 0 Å². The number of ether oxygens (including phenoxy) is 2. The summed E-state index contributed by atoms with van der Waals surface area (Å²) in [4.78, 5) is 26.3. The van der Waals surface area contributed by atoms with E-state index < -0.39 is 5.25 Å². The van der Waals surface area contributed by atoms with Crippen molar-refractivity contribution in [1.29, 1.82) is 0 Å². The lowest BCUT2D eigenvalue weighted by atomic mass is 10.1. The van der Waals surface area contributed by atoms with Crippen LogP contribution in [0.25, 0.3) is 0 Å². The second-order valence-corrected chi connectivity index (χ2v) is 7.34. The van der Waals surface area contributed by atoms with Gasteiger partial charge in [-0.2, -0.15) is 0 Å². The van der Waals surface area contributed by atoms with E-state index in [1.807, 2.05) is 30.3 Å². The molecule has 3 rings (SSSR count). The van der Waals surface area contributed by atoms with Gasteiger partial charge < -0.3 is 9.47 Å². The molecule has 0 radical (unpaired) electrons. The highest BCUT2D eigenvalue weighted by Crippen LogP contribution is 2.34. The number of hydrogen-bond donors (Lipinski definition) is 0. The van der Waals surface area contributed by atoms with Crippen molar-refractivity contribution < 1.29 is 19.1 Å². The minimum absolute atomic E-state index is 0.187. The molecule has 5 nitrogen and oxygen atoms in total. The lowest BCUT2D eigenvalue weighted by Crippen LogP contribution is -2.31. The zero-order chi connectivity index (χ0) is 18.7. The molecule has 0 unspecified atom stereocenters. The number of carbonyl (C=O) groups is 2. The predicted molar refractivity (Wildman–Crippen MR) is 102 cm³/mol. The number of amides is 2. The first-order valence-electron chi connectivity index (χ1n) is 7.99. The van der Waals surface area contributed by atoms with Crippen LogP contribution in [-0.2, 0) is 17.8 Å². The van der Waals surface area contributed by atoms with Gasteiger partial charge in [0.2, 0.25) is 5.91 Å². The molecule has 1 saturated heterocycles. The Kier molecular flexibility index (Phi) is 5.74. The van der Waals surface area contributed by atoms with Gasteiger partial charge in [0.05, 0.1) is 26.0 Å². The smallest absolute Gasteiger partial charge is 0.289 e. The third-order valence-corrected chi connectivity index (χ3v) is 5.60. The molecule has 2 amide bonds. The highest BCUT2D eigenvalue weighted by Gasteiger charge is 2.39. The SMILES string of the molecule is COc1ccc(C[C@H]2SC(=O)N(Cc3ccccc3Cl)C2=O)cc1OC. The standard InChI is InChI=1S/C19H18ClNO4S/c1-24-15-8-7-12(9-16(15)25-2)10-17-18(22)21(19(23)26-17)11-13-5-3-4-6-14(13)20/h3-9,17H,10-11H2,1-2H3/t17-/m1/s1. The highest BCUT2D eigenvalue weighted by molar-refractivity contribution is 8.15. The third kappa shape index (κ3) is 3.81. The normalized spacial score (nSPS) is 16.9. The maximum Gasteiger partial charge on any atom is 0.289 e. The summed E-state index contributed by atoms with van der Waals surface area (Å²) in [6, 6.07) is 12.7. The van der Waals surface area contributed by atoms with Gasteiger partial charge >= 0.3 is 0 Å². The Bertz CT molecular complexity index is 842. The first-order valence-corrected chi connectivity index (χ1v) is 9.25. The van der Waals surface area contributed by atoms with Gasteiger partial charge in [0.25, 0.3) is 5.24 Å². The summed E-state index contributed by atoms with van der Waals surface area (Å²) in [5.41, 5.74) is 1.66. The summed E-state index contributed by atoms with van der Waals surface area (Å²) >= 11 is 7.19. The van der Waals surface area contributed by atoms with Crippen LogP contribution in [0.5, 0.6) is 11.5 Å². The maximum absolute atomic E-state index is 12.7. The molecule has 1 aliphatic rings. The van der Waals surface area contributed by atoms with Crippen molar-refractivity contribution in [3.8, 4) is 11.5 Å². The van der Waals surface area contributed by atoms with Crippen molar-refractivity contribution in [1.82, 2.24) is 4.90 Å². The number of thioether (sulfide) groups is 1. The molecule has 0 N–H and O–H groups in total. The molecule has 0 aromatic heterocycles. The van der Waals surface area contributed by atoms with E-state index in [-0.39, 0.29) is 17.7 Å². The van der Waals surface area contributed by atoms with Crippen molar-refractivity contribution in [2.75, 3.05) is 14.2 Å². The molecule has 2 aromatic carbocycles. The van der Waals surface area contributed by atoms with E-state index in [2.05, 4.69) is 0 Å². The van der Waals surface area contributed by atoms with E-state index in [1.54, 1.807) is 26.4 Å². The zero-order valence-electron chi connectivity index (χ0n) is 14.4. The second-order valence-electron chi connectivity index (χ2n) is 5.78. The Morgan fingerprint density at radius 1 is 1.08 bits per heavy atom. The summed E-state index contributed by atoms with van der Waals surface area (Å²) in [6.07, 6.45) is 0.439. The number of imide groups is 1. The number of carbonyl (C=O) groups excluding carboxylic acids is 2. The van der Waals surface area contributed by atoms with Crippen LogP contribution >= 0.6 is 23.4 Å². The molecule has 0 bridgehead atoms. The lowest BCUT2D eigenvalue weighted by Gasteiger charge is -2.15. The molecule has 1 atom stereocenters. The van der Waals surface area contributed by atoms with E-state index >= 15 is 0 Å². The van der Waals surface area contributed by atoms with Crippen molar-refractivity contribution in [2.45, 2.75) is 18.2 Å². The summed E-state index contributed by atoms with van der Waals surface area (Å²) < 4.78 is 10.5. The van der Waals surface area contributed by atoms with E-state index in [1.165, 1.54) is 4.90 Å². The molecule has 1 aliphatic heterocycles. The Morgan fingerprint density at radius 2 is 1.81 bits per heavy atom. The predicted octanol–water partition coefficient (Wildman–Crippen LogP) is 4.16. The number of nitrogens with zero attached hydrogens (tertiary/aromatic N) is 1. The van der Waals surface area contributed by atoms with Gasteiger partial charge in [-0.05, 0) is 35.7 Å². The first-order chi connectivity index (χ1) is 12.5. The number of hydrogen-bond acceptors (Lipinski definition) is 5. The molecular weight excluding hydrogens is 374 g/mol. The van der Waals surface area contributed by atoms with Gasteiger partial charge in [-0.1, -0.05) is 47.6 Å². The summed E-state index contributed by atoms with van der Waals surface area (Å²) in [5.74, 6) is 1.02. The average Bonchev–Trinajstić information content (AvgIpc) is 2.90. The van der Waals surface area contributed by atoms with E-state index in [4.69, 9.17) is 21.1 Å². The van der Waals surface area contributed by atoms with E-state index in [0.29, 0.717) is 22.9 Å². The van der Waals surface area contributed by atoms with Gasteiger partial charge in [0, 0.05) is 5.02 Å². The molecule has 0 saturated carbocycles. The summed E-state index contributed by atoms with van der Waals surface area (Å²) in [5, 5.41) is -0.162. The third-order valence-electron chi connectivity index (χ3n) is 4.16. The van der Waals surface area contributed by atoms with Gasteiger partial charge in [-0.25, -0.2) is 0 Å². The van der Waals surface area contributed by atoms with Crippen LogP contribution in [0.1, 0.15) is 11.1 Å². The maximum atomic E-state index is 12.7. The Hall–Kier alpha value is -2.18.